The average Bonchev–Trinajstić information content (AvgIpc) is 2.39. The predicted molar refractivity (Wildman–Crippen MR) is 74.7 cm³/mol. The van der Waals surface area contributed by atoms with Crippen LogP contribution in [0.25, 0.3) is 4.72 Å². The number of rotatable bonds is 4. The van der Waals surface area contributed by atoms with Gasteiger partial charge >= 0.3 is 0 Å². The molecule has 0 amide bonds. The average molecular weight is 319 g/mol. The Morgan fingerprint density at radius 2 is 1.60 bits per heavy atom. The lowest BCUT2D eigenvalue weighted by atomic mass is 10.3. The van der Waals surface area contributed by atoms with Gasteiger partial charge in [0, 0.05) is 6.26 Å². The van der Waals surface area contributed by atoms with Gasteiger partial charge in [0.2, 0.25) is 0 Å². The largest absolute Gasteiger partial charge is 0.564 e. The van der Waals surface area contributed by atoms with Crippen LogP contribution in [0.3, 0.4) is 0 Å². The lowest BCUT2D eigenvalue weighted by molar-refractivity contribution is -0.661. The molecular weight excluding hydrogens is 302 g/mol. The van der Waals surface area contributed by atoms with Gasteiger partial charge in [-0.15, -0.1) is 5.69 Å². The topological polar surface area (TPSA) is 102 Å². The molecule has 2 N–H and O–H groups in total. The van der Waals surface area contributed by atoms with E-state index in [4.69, 9.17) is 0 Å². The third-order valence-electron chi connectivity index (χ3n) is 2.98. The van der Waals surface area contributed by atoms with E-state index in [0.29, 0.717) is 13.1 Å². The Morgan fingerprint density at radius 1 is 1.05 bits per heavy atom. The summed E-state index contributed by atoms with van der Waals surface area (Å²) in [5, 5.41) is 2.05. The summed E-state index contributed by atoms with van der Waals surface area (Å²) in [7, 11) is -6.99. The Morgan fingerprint density at radius 3 is 2.10 bits per heavy atom. The lowest BCUT2D eigenvalue weighted by Crippen LogP contribution is -2.89. The first-order chi connectivity index (χ1) is 9.29. The number of benzene rings is 1. The Bertz CT molecular complexity index is 662. The number of nitrogens with zero attached hydrogens (tertiary/aromatic N) is 2. The highest BCUT2D eigenvalue weighted by Crippen LogP contribution is 2.25. The minimum atomic E-state index is -3.70. The molecule has 7 nitrogen and oxygen atoms in total. The van der Waals surface area contributed by atoms with Gasteiger partial charge in [0.05, 0.1) is 31.1 Å². The molecule has 1 aromatic rings. The van der Waals surface area contributed by atoms with Crippen molar-refractivity contribution in [1.29, 1.82) is 0 Å². The summed E-state index contributed by atoms with van der Waals surface area (Å²) in [4.78, 5) is 0.140. The molecule has 0 unspecified atom stereocenters. The molecule has 0 saturated carbocycles. The van der Waals surface area contributed by atoms with E-state index in [1.165, 1.54) is 28.6 Å². The summed E-state index contributed by atoms with van der Waals surface area (Å²) < 4.78 is 51.8. The Kier molecular flexibility index (Phi) is 4.33. The maximum absolute atomic E-state index is 12.1. The minimum absolute atomic E-state index is 0.140. The van der Waals surface area contributed by atoms with E-state index in [0.717, 1.165) is 19.3 Å². The summed E-state index contributed by atoms with van der Waals surface area (Å²) in [5.41, 5.74) is 0.229. The number of hydrogen-bond donors (Lipinski definition) is 1. The molecule has 112 valence electrons. The molecule has 0 radical (unpaired) electrons. The first-order valence-corrected chi connectivity index (χ1v) is 9.43. The minimum Gasteiger partial charge on any atom is -0.564 e. The number of sulfone groups is 1. The van der Waals surface area contributed by atoms with Crippen molar-refractivity contribution in [3.8, 4) is 0 Å². The molecule has 20 heavy (non-hydrogen) atoms. The third-order valence-corrected chi connectivity index (χ3v) is 5.56. The fraction of sp³-hybridized carbons (Fsp3) is 0.455. The van der Waals surface area contributed by atoms with Crippen molar-refractivity contribution < 1.29 is 22.2 Å². The van der Waals surface area contributed by atoms with Crippen LogP contribution in [0.1, 0.15) is 0 Å². The Balaban J connectivity index is 2.13. The van der Waals surface area contributed by atoms with Gasteiger partial charge in [-0.3, -0.25) is 0 Å². The van der Waals surface area contributed by atoms with Gasteiger partial charge in [-0.05, 0) is 12.1 Å². The van der Waals surface area contributed by atoms with Crippen LogP contribution in [0.5, 0.6) is 0 Å². The molecule has 1 fully saturated rings. The van der Waals surface area contributed by atoms with E-state index in [2.05, 4.69) is 4.72 Å². The van der Waals surface area contributed by atoms with Crippen LogP contribution in [-0.2, 0) is 20.0 Å². The molecule has 1 saturated heterocycles. The molecule has 0 spiro atoms. The van der Waals surface area contributed by atoms with Gasteiger partial charge in [0.1, 0.15) is 0 Å². The Labute approximate surface area is 119 Å². The van der Waals surface area contributed by atoms with E-state index in [9.17, 15) is 16.8 Å². The molecule has 1 aliphatic rings. The fourth-order valence-corrected chi connectivity index (χ4v) is 3.71. The molecule has 9 heteroatoms. The van der Waals surface area contributed by atoms with Crippen LogP contribution in [-0.4, -0.2) is 53.6 Å². The van der Waals surface area contributed by atoms with Crippen LogP contribution < -0.4 is 5.32 Å². The highest BCUT2D eigenvalue weighted by molar-refractivity contribution is 7.92. The SMILES string of the molecule is CS(=O)(=O)c1ccc([N-]S(=O)(=O)N2CC[NH2+]CC2)cc1. The van der Waals surface area contributed by atoms with Crippen molar-refractivity contribution in [3.63, 3.8) is 0 Å². The van der Waals surface area contributed by atoms with E-state index >= 15 is 0 Å². The predicted octanol–water partition coefficient (Wildman–Crippen LogP) is -0.781. The summed E-state index contributed by atoms with van der Waals surface area (Å²) in [6, 6.07) is 5.50. The lowest BCUT2D eigenvalue weighted by Gasteiger charge is -2.32. The zero-order valence-corrected chi connectivity index (χ0v) is 12.7. The van der Waals surface area contributed by atoms with Crippen LogP contribution >= 0.6 is 0 Å². The zero-order chi connectivity index (χ0) is 14.8. The fourth-order valence-electron chi connectivity index (χ4n) is 1.90. The number of piperazine rings is 1. The highest BCUT2D eigenvalue weighted by atomic mass is 32.2. The molecule has 1 heterocycles. The molecule has 0 bridgehead atoms. The third kappa shape index (κ3) is 3.69. The second-order valence-electron chi connectivity index (χ2n) is 4.60. The van der Waals surface area contributed by atoms with Gasteiger partial charge < -0.3 is 10.0 Å². The number of quaternary nitrogens is 1. The standard InChI is InChI=1S/C11H16N3O4S2/c1-19(15,16)11-4-2-10(3-5-11)13-20(17,18)14-8-6-12-7-9-14/h2-5,12H,6-9H2,1H3/q-1/p+1. The molecule has 0 aromatic heterocycles. The maximum Gasteiger partial charge on any atom is 0.175 e. The summed E-state index contributed by atoms with van der Waals surface area (Å²) in [6.45, 7) is 2.32. The first-order valence-electron chi connectivity index (χ1n) is 6.14. The molecular formula is C11H17N3O4S2. The van der Waals surface area contributed by atoms with Crippen molar-refractivity contribution in [2.45, 2.75) is 4.90 Å². The smallest absolute Gasteiger partial charge is 0.175 e. The van der Waals surface area contributed by atoms with E-state index < -0.39 is 20.0 Å². The van der Waals surface area contributed by atoms with E-state index in [1.807, 2.05) is 5.32 Å². The van der Waals surface area contributed by atoms with Crippen molar-refractivity contribution >= 4 is 25.7 Å². The van der Waals surface area contributed by atoms with Crippen LogP contribution in [0.15, 0.2) is 29.2 Å². The van der Waals surface area contributed by atoms with Crippen molar-refractivity contribution in [2.75, 3.05) is 32.4 Å². The maximum atomic E-state index is 12.1. The van der Waals surface area contributed by atoms with E-state index in [-0.39, 0.29) is 10.6 Å². The van der Waals surface area contributed by atoms with Gasteiger partial charge in [0.15, 0.2) is 20.0 Å². The van der Waals surface area contributed by atoms with Gasteiger partial charge in [-0.2, -0.15) is 0 Å². The zero-order valence-electron chi connectivity index (χ0n) is 11.1. The molecule has 1 aliphatic heterocycles. The summed E-state index contributed by atoms with van der Waals surface area (Å²) in [5.74, 6) is 0. The van der Waals surface area contributed by atoms with E-state index in [1.54, 1.807) is 0 Å². The molecule has 1 aromatic carbocycles. The van der Waals surface area contributed by atoms with Crippen LogP contribution in [0.4, 0.5) is 5.69 Å². The van der Waals surface area contributed by atoms with Crippen molar-refractivity contribution in [3.05, 3.63) is 29.0 Å². The second-order valence-corrected chi connectivity index (χ2v) is 8.21. The van der Waals surface area contributed by atoms with Crippen LogP contribution in [0, 0.1) is 0 Å². The van der Waals surface area contributed by atoms with Gasteiger partial charge in [-0.25, -0.2) is 21.1 Å². The quantitative estimate of drug-likeness (QED) is 0.786. The summed E-state index contributed by atoms with van der Waals surface area (Å²) in [6.07, 6.45) is 1.10. The Hall–Kier alpha value is -1.16. The monoisotopic (exact) mass is 319 g/mol. The highest BCUT2D eigenvalue weighted by Gasteiger charge is 2.19. The van der Waals surface area contributed by atoms with Gasteiger partial charge in [-0.1, -0.05) is 12.1 Å². The number of nitrogens with two attached hydrogens (primary N) is 1. The van der Waals surface area contributed by atoms with Gasteiger partial charge in [0.25, 0.3) is 0 Å². The second kappa shape index (κ2) is 5.68. The van der Waals surface area contributed by atoms with Crippen molar-refractivity contribution in [1.82, 2.24) is 4.31 Å². The van der Waals surface area contributed by atoms with Crippen molar-refractivity contribution in [2.24, 2.45) is 0 Å². The molecule has 0 atom stereocenters. The molecule has 0 aliphatic carbocycles. The first kappa shape index (κ1) is 15.2. The normalized spacial score (nSPS) is 17.9. The number of hydrogen-bond acceptors (Lipinski definition) is 4. The molecule has 2 rings (SSSR count). The van der Waals surface area contributed by atoms with Crippen LogP contribution in [0.2, 0.25) is 0 Å². The summed E-state index contributed by atoms with van der Waals surface area (Å²) >= 11 is 0.